The van der Waals surface area contributed by atoms with Gasteiger partial charge in [0.05, 0.1) is 0 Å². The van der Waals surface area contributed by atoms with Crippen molar-refractivity contribution in [1.82, 2.24) is 0 Å². The van der Waals surface area contributed by atoms with Crippen molar-refractivity contribution in [2.45, 2.75) is 25.8 Å². The predicted molar refractivity (Wildman–Crippen MR) is 92.2 cm³/mol. The Labute approximate surface area is 141 Å². The Kier molecular flexibility index (Phi) is 4.51. The lowest BCUT2D eigenvalue weighted by molar-refractivity contribution is -0.121. The summed E-state index contributed by atoms with van der Waals surface area (Å²) in [5, 5.41) is 0. The van der Waals surface area contributed by atoms with Crippen LogP contribution in [0.25, 0.3) is 0 Å². The van der Waals surface area contributed by atoms with E-state index in [0.717, 1.165) is 18.5 Å². The number of aryl methyl sites for hydroxylation is 1. The molecule has 5 nitrogen and oxygen atoms in total. The summed E-state index contributed by atoms with van der Waals surface area (Å²) in [5.41, 5.74) is 7.77. The summed E-state index contributed by atoms with van der Waals surface area (Å²) < 4.78 is 5.58. The number of benzene rings is 2. The molecular formula is C19H20N2O3. The molecule has 24 heavy (non-hydrogen) atoms. The average Bonchev–Trinajstić information content (AvgIpc) is 2.60. The molecule has 1 heterocycles. The minimum atomic E-state index is -0.489. The molecule has 3 rings (SSSR count). The third-order valence-electron chi connectivity index (χ3n) is 4.29. The number of rotatable bonds is 4. The first-order valence-corrected chi connectivity index (χ1v) is 7.99. The van der Waals surface area contributed by atoms with Crippen molar-refractivity contribution < 1.29 is 14.3 Å². The van der Waals surface area contributed by atoms with Crippen LogP contribution >= 0.6 is 0 Å². The molecule has 2 aromatic rings. The Morgan fingerprint density at radius 3 is 2.58 bits per heavy atom. The number of carbonyl (C=O) groups excluding carboxylic acids is 2. The number of carbonyl (C=O) groups is 2. The molecule has 0 radical (unpaired) electrons. The SMILES string of the molecule is CC1CCc2ccccc2N1C(=O)COc1ccc(C(N)=O)cc1. The van der Waals surface area contributed by atoms with Crippen LogP contribution in [0, 0.1) is 0 Å². The van der Waals surface area contributed by atoms with Crippen molar-refractivity contribution in [3.8, 4) is 5.75 Å². The van der Waals surface area contributed by atoms with Crippen molar-refractivity contribution in [3.63, 3.8) is 0 Å². The first-order valence-electron chi connectivity index (χ1n) is 7.99. The van der Waals surface area contributed by atoms with E-state index in [0.29, 0.717) is 11.3 Å². The van der Waals surface area contributed by atoms with Gasteiger partial charge in [0.15, 0.2) is 6.61 Å². The van der Waals surface area contributed by atoms with Gasteiger partial charge in [-0.2, -0.15) is 0 Å². The lowest BCUT2D eigenvalue weighted by Crippen LogP contribution is -2.44. The van der Waals surface area contributed by atoms with E-state index in [1.165, 1.54) is 5.56 Å². The van der Waals surface area contributed by atoms with Gasteiger partial charge in [0, 0.05) is 17.3 Å². The molecule has 1 unspecified atom stereocenters. The van der Waals surface area contributed by atoms with Crippen LogP contribution in [0.5, 0.6) is 5.75 Å². The second-order valence-corrected chi connectivity index (χ2v) is 5.96. The molecule has 0 aliphatic carbocycles. The van der Waals surface area contributed by atoms with E-state index >= 15 is 0 Å². The molecule has 1 aliphatic heterocycles. The number of anilines is 1. The lowest BCUT2D eigenvalue weighted by atomic mass is 9.96. The zero-order chi connectivity index (χ0) is 17.1. The van der Waals surface area contributed by atoms with E-state index in [1.807, 2.05) is 23.1 Å². The zero-order valence-electron chi connectivity index (χ0n) is 13.6. The summed E-state index contributed by atoms with van der Waals surface area (Å²) >= 11 is 0. The van der Waals surface area contributed by atoms with Gasteiger partial charge < -0.3 is 15.4 Å². The van der Waals surface area contributed by atoms with Crippen LogP contribution < -0.4 is 15.4 Å². The molecule has 2 N–H and O–H groups in total. The molecule has 0 spiro atoms. The Morgan fingerprint density at radius 2 is 1.88 bits per heavy atom. The van der Waals surface area contributed by atoms with Crippen LogP contribution in [0.1, 0.15) is 29.3 Å². The van der Waals surface area contributed by atoms with Crippen LogP contribution in [0.15, 0.2) is 48.5 Å². The quantitative estimate of drug-likeness (QED) is 0.939. The minimum Gasteiger partial charge on any atom is -0.484 e. The molecule has 0 saturated heterocycles. The number of hydrogen-bond acceptors (Lipinski definition) is 3. The average molecular weight is 324 g/mol. The van der Waals surface area contributed by atoms with E-state index in [9.17, 15) is 9.59 Å². The maximum atomic E-state index is 12.6. The van der Waals surface area contributed by atoms with Crippen molar-refractivity contribution in [2.24, 2.45) is 5.73 Å². The highest BCUT2D eigenvalue weighted by Gasteiger charge is 2.28. The number of primary amides is 1. The van der Waals surface area contributed by atoms with Gasteiger partial charge >= 0.3 is 0 Å². The molecule has 0 fully saturated rings. The topological polar surface area (TPSA) is 72.6 Å². The van der Waals surface area contributed by atoms with E-state index in [4.69, 9.17) is 10.5 Å². The Morgan fingerprint density at radius 1 is 1.17 bits per heavy atom. The first kappa shape index (κ1) is 16.1. The number of nitrogens with zero attached hydrogens (tertiary/aromatic N) is 1. The van der Waals surface area contributed by atoms with Crippen LogP contribution in [0.4, 0.5) is 5.69 Å². The molecule has 1 atom stereocenters. The monoisotopic (exact) mass is 324 g/mol. The highest BCUT2D eigenvalue weighted by Crippen LogP contribution is 2.30. The minimum absolute atomic E-state index is 0.0470. The number of fused-ring (bicyclic) bond motifs is 1. The van der Waals surface area contributed by atoms with Gasteiger partial charge in [0.2, 0.25) is 5.91 Å². The summed E-state index contributed by atoms with van der Waals surface area (Å²) in [6.07, 6.45) is 1.92. The van der Waals surface area contributed by atoms with Crippen molar-refractivity contribution in [2.75, 3.05) is 11.5 Å². The summed E-state index contributed by atoms with van der Waals surface area (Å²) in [7, 11) is 0. The van der Waals surface area contributed by atoms with Gasteiger partial charge in [0.1, 0.15) is 5.75 Å². The van der Waals surface area contributed by atoms with Gasteiger partial charge in [-0.15, -0.1) is 0 Å². The third-order valence-corrected chi connectivity index (χ3v) is 4.29. The summed E-state index contributed by atoms with van der Waals surface area (Å²) in [6.45, 7) is 2.00. The standard InChI is InChI=1S/C19H20N2O3/c1-13-6-7-14-4-2-3-5-17(14)21(13)18(22)12-24-16-10-8-15(9-11-16)19(20)23/h2-5,8-11,13H,6-7,12H2,1H3,(H2,20,23). The highest BCUT2D eigenvalue weighted by atomic mass is 16.5. The van der Waals surface area contributed by atoms with Crippen LogP contribution in [0.2, 0.25) is 0 Å². The first-order chi connectivity index (χ1) is 11.6. The van der Waals surface area contributed by atoms with Crippen molar-refractivity contribution in [3.05, 3.63) is 59.7 Å². The number of hydrogen-bond donors (Lipinski definition) is 1. The second-order valence-electron chi connectivity index (χ2n) is 5.96. The smallest absolute Gasteiger partial charge is 0.265 e. The van der Waals surface area contributed by atoms with Gasteiger partial charge in [-0.05, 0) is 55.7 Å². The fourth-order valence-electron chi connectivity index (χ4n) is 3.00. The molecule has 0 aromatic heterocycles. The fourth-order valence-corrected chi connectivity index (χ4v) is 3.00. The van der Waals surface area contributed by atoms with Crippen LogP contribution in [-0.2, 0) is 11.2 Å². The number of ether oxygens (including phenoxy) is 1. The highest BCUT2D eigenvalue weighted by molar-refractivity contribution is 5.96. The predicted octanol–water partition coefficient (Wildman–Crippen LogP) is 2.53. The van der Waals surface area contributed by atoms with Gasteiger partial charge in [-0.25, -0.2) is 0 Å². The molecule has 2 amide bonds. The number of amides is 2. The molecule has 2 aromatic carbocycles. The Hall–Kier alpha value is -2.82. The van der Waals surface area contributed by atoms with E-state index in [1.54, 1.807) is 24.3 Å². The molecular weight excluding hydrogens is 304 g/mol. The van der Waals surface area contributed by atoms with E-state index in [-0.39, 0.29) is 18.6 Å². The van der Waals surface area contributed by atoms with Crippen molar-refractivity contribution in [1.29, 1.82) is 0 Å². The Bertz CT molecular complexity index is 755. The lowest BCUT2D eigenvalue weighted by Gasteiger charge is -2.35. The van der Waals surface area contributed by atoms with Crippen LogP contribution in [-0.4, -0.2) is 24.5 Å². The summed E-state index contributed by atoms with van der Waals surface area (Å²) in [5.74, 6) is -0.0312. The molecule has 124 valence electrons. The molecule has 0 bridgehead atoms. The third kappa shape index (κ3) is 3.25. The normalized spacial score (nSPS) is 16.4. The molecule has 0 saturated carbocycles. The summed E-state index contributed by atoms with van der Waals surface area (Å²) in [4.78, 5) is 25.5. The van der Waals surface area contributed by atoms with Gasteiger partial charge in [-0.3, -0.25) is 9.59 Å². The zero-order valence-corrected chi connectivity index (χ0v) is 13.6. The van der Waals surface area contributed by atoms with E-state index < -0.39 is 5.91 Å². The van der Waals surface area contributed by atoms with Crippen LogP contribution in [0.3, 0.4) is 0 Å². The maximum absolute atomic E-state index is 12.6. The number of nitrogens with two attached hydrogens (primary N) is 1. The molecule has 1 aliphatic rings. The maximum Gasteiger partial charge on any atom is 0.265 e. The fraction of sp³-hybridized carbons (Fsp3) is 0.263. The largest absolute Gasteiger partial charge is 0.484 e. The van der Waals surface area contributed by atoms with E-state index in [2.05, 4.69) is 13.0 Å². The summed E-state index contributed by atoms with van der Waals surface area (Å²) in [6, 6.07) is 14.6. The molecule has 5 heteroatoms. The Balaban J connectivity index is 1.70. The second kappa shape index (κ2) is 6.74. The van der Waals surface area contributed by atoms with Gasteiger partial charge in [-0.1, -0.05) is 18.2 Å². The van der Waals surface area contributed by atoms with Gasteiger partial charge in [0.25, 0.3) is 5.91 Å². The number of para-hydroxylation sites is 1. The van der Waals surface area contributed by atoms with Crippen molar-refractivity contribution >= 4 is 17.5 Å².